The van der Waals surface area contributed by atoms with E-state index in [1.54, 1.807) is 19.0 Å². The minimum atomic E-state index is 0.0254. The average Bonchev–Trinajstić information content (AvgIpc) is 2.17. The lowest BCUT2D eigenvalue weighted by Crippen LogP contribution is -2.39. The molecule has 0 bridgehead atoms. The Balaban J connectivity index is 2.35. The van der Waals surface area contributed by atoms with Gasteiger partial charge in [-0.2, -0.15) is 0 Å². The summed E-state index contributed by atoms with van der Waals surface area (Å²) in [5.41, 5.74) is 0. The number of nitrogens with zero attached hydrogens (tertiary/aromatic N) is 1. The van der Waals surface area contributed by atoms with Crippen LogP contribution in [0.15, 0.2) is 0 Å². The van der Waals surface area contributed by atoms with E-state index in [9.17, 15) is 9.59 Å². The van der Waals surface area contributed by atoms with E-state index in [-0.39, 0.29) is 23.8 Å². The monoisotopic (exact) mass is 212 g/mol. The SMILES string of the molecule is CC(=O)NC1CCC(C(=O)N(C)C)CC1. The maximum atomic E-state index is 11.7. The fourth-order valence-electron chi connectivity index (χ4n) is 2.14. The van der Waals surface area contributed by atoms with Gasteiger partial charge in [0, 0.05) is 33.0 Å². The van der Waals surface area contributed by atoms with Gasteiger partial charge in [0.15, 0.2) is 0 Å². The van der Waals surface area contributed by atoms with E-state index in [1.807, 2.05) is 0 Å². The molecule has 0 saturated heterocycles. The van der Waals surface area contributed by atoms with Gasteiger partial charge in [0.05, 0.1) is 0 Å². The molecule has 0 unspecified atom stereocenters. The third-order valence-corrected chi connectivity index (χ3v) is 2.92. The molecule has 0 aromatic carbocycles. The molecule has 0 aliphatic heterocycles. The van der Waals surface area contributed by atoms with Crippen LogP contribution in [0.5, 0.6) is 0 Å². The Labute approximate surface area is 91.0 Å². The van der Waals surface area contributed by atoms with Gasteiger partial charge in [0.2, 0.25) is 11.8 Å². The van der Waals surface area contributed by atoms with E-state index in [1.165, 1.54) is 6.92 Å². The number of amides is 2. The van der Waals surface area contributed by atoms with Gasteiger partial charge in [-0.25, -0.2) is 0 Å². The summed E-state index contributed by atoms with van der Waals surface area (Å²) in [6, 6.07) is 0.272. The highest BCUT2D eigenvalue weighted by molar-refractivity contribution is 5.78. The molecule has 2 amide bonds. The van der Waals surface area contributed by atoms with E-state index >= 15 is 0 Å². The van der Waals surface area contributed by atoms with Gasteiger partial charge in [0.25, 0.3) is 0 Å². The summed E-state index contributed by atoms with van der Waals surface area (Å²) < 4.78 is 0. The number of rotatable bonds is 2. The maximum Gasteiger partial charge on any atom is 0.225 e. The van der Waals surface area contributed by atoms with Crippen LogP contribution in [0, 0.1) is 5.92 Å². The van der Waals surface area contributed by atoms with Crippen LogP contribution in [0.3, 0.4) is 0 Å². The van der Waals surface area contributed by atoms with Crippen molar-refractivity contribution < 1.29 is 9.59 Å². The highest BCUT2D eigenvalue weighted by Crippen LogP contribution is 2.25. The van der Waals surface area contributed by atoms with E-state index in [4.69, 9.17) is 0 Å². The van der Waals surface area contributed by atoms with Crippen LogP contribution in [0.1, 0.15) is 32.6 Å². The molecule has 0 heterocycles. The van der Waals surface area contributed by atoms with Gasteiger partial charge in [-0.3, -0.25) is 9.59 Å². The average molecular weight is 212 g/mol. The van der Waals surface area contributed by atoms with Gasteiger partial charge in [-0.15, -0.1) is 0 Å². The molecule has 1 rings (SSSR count). The predicted molar refractivity (Wildman–Crippen MR) is 58.3 cm³/mol. The normalized spacial score (nSPS) is 25.8. The quantitative estimate of drug-likeness (QED) is 0.735. The van der Waals surface area contributed by atoms with Gasteiger partial charge in [-0.05, 0) is 25.7 Å². The third kappa shape index (κ3) is 3.53. The molecule has 86 valence electrons. The van der Waals surface area contributed by atoms with Crippen molar-refractivity contribution in [2.45, 2.75) is 38.6 Å². The van der Waals surface area contributed by atoms with Crippen LogP contribution in [0.2, 0.25) is 0 Å². The first-order valence-corrected chi connectivity index (χ1v) is 5.49. The molecule has 1 saturated carbocycles. The lowest BCUT2D eigenvalue weighted by atomic mass is 9.85. The van der Waals surface area contributed by atoms with Crippen molar-refractivity contribution in [3.8, 4) is 0 Å². The highest BCUT2D eigenvalue weighted by atomic mass is 16.2. The number of hydrogen-bond acceptors (Lipinski definition) is 2. The fourth-order valence-corrected chi connectivity index (χ4v) is 2.14. The van der Waals surface area contributed by atoms with Gasteiger partial charge in [-0.1, -0.05) is 0 Å². The Morgan fingerprint density at radius 3 is 2.07 bits per heavy atom. The summed E-state index contributed by atoms with van der Waals surface area (Å²) in [5.74, 6) is 0.402. The Morgan fingerprint density at radius 2 is 1.67 bits per heavy atom. The lowest BCUT2D eigenvalue weighted by molar-refractivity contribution is -0.134. The first-order chi connectivity index (χ1) is 7.00. The molecule has 1 aliphatic rings. The fraction of sp³-hybridized carbons (Fsp3) is 0.818. The third-order valence-electron chi connectivity index (χ3n) is 2.92. The molecule has 1 aliphatic carbocycles. The maximum absolute atomic E-state index is 11.7. The largest absolute Gasteiger partial charge is 0.354 e. The molecular weight excluding hydrogens is 192 g/mol. The van der Waals surface area contributed by atoms with Crippen LogP contribution in [-0.4, -0.2) is 36.9 Å². The molecule has 4 heteroatoms. The summed E-state index contributed by atoms with van der Waals surface area (Å²) in [5, 5.41) is 2.91. The van der Waals surface area contributed by atoms with Crippen LogP contribution in [0.25, 0.3) is 0 Å². The molecule has 0 radical (unpaired) electrons. The first kappa shape index (κ1) is 12.0. The highest BCUT2D eigenvalue weighted by Gasteiger charge is 2.27. The number of nitrogens with one attached hydrogen (secondary N) is 1. The molecule has 0 aromatic rings. The zero-order valence-electron chi connectivity index (χ0n) is 9.75. The molecule has 15 heavy (non-hydrogen) atoms. The second kappa shape index (κ2) is 5.14. The van der Waals surface area contributed by atoms with Crippen LogP contribution < -0.4 is 5.32 Å². The second-order valence-corrected chi connectivity index (χ2v) is 4.48. The minimum Gasteiger partial charge on any atom is -0.354 e. The number of hydrogen-bond donors (Lipinski definition) is 1. The molecule has 0 aromatic heterocycles. The molecule has 4 nitrogen and oxygen atoms in total. The minimum absolute atomic E-state index is 0.0254. The van der Waals surface area contributed by atoms with E-state index in [0.717, 1.165) is 25.7 Å². The second-order valence-electron chi connectivity index (χ2n) is 4.48. The summed E-state index contributed by atoms with van der Waals surface area (Å²) in [4.78, 5) is 24.2. The smallest absolute Gasteiger partial charge is 0.225 e. The summed E-state index contributed by atoms with van der Waals surface area (Å²) >= 11 is 0. The van der Waals surface area contributed by atoms with Crippen molar-refractivity contribution in [3.63, 3.8) is 0 Å². The van der Waals surface area contributed by atoms with Crippen LogP contribution >= 0.6 is 0 Å². The van der Waals surface area contributed by atoms with Crippen molar-refractivity contribution in [3.05, 3.63) is 0 Å². The number of carbonyl (C=O) groups is 2. The van der Waals surface area contributed by atoms with Gasteiger partial charge in [0.1, 0.15) is 0 Å². The van der Waals surface area contributed by atoms with E-state index in [0.29, 0.717) is 0 Å². The van der Waals surface area contributed by atoms with Gasteiger partial charge >= 0.3 is 0 Å². The molecule has 0 atom stereocenters. The number of carbonyl (C=O) groups excluding carboxylic acids is 2. The Morgan fingerprint density at radius 1 is 1.13 bits per heavy atom. The summed E-state index contributed by atoms with van der Waals surface area (Å²) in [6.45, 7) is 1.54. The van der Waals surface area contributed by atoms with Crippen LogP contribution in [-0.2, 0) is 9.59 Å². The standard InChI is InChI=1S/C11H20N2O2/c1-8(14)12-10-6-4-9(5-7-10)11(15)13(2)3/h9-10H,4-7H2,1-3H3,(H,12,14). The Bertz CT molecular complexity index is 243. The predicted octanol–water partition coefficient (Wildman–Crippen LogP) is 0.770. The Hall–Kier alpha value is -1.06. The van der Waals surface area contributed by atoms with Crippen molar-refractivity contribution in [1.29, 1.82) is 0 Å². The summed E-state index contributed by atoms with van der Waals surface area (Å²) in [6.07, 6.45) is 3.62. The molecule has 0 spiro atoms. The molecule has 1 N–H and O–H groups in total. The van der Waals surface area contributed by atoms with E-state index < -0.39 is 0 Å². The van der Waals surface area contributed by atoms with Crippen molar-refractivity contribution >= 4 is 11.8 Å². The first-order valence-electron chi connectivity index (χ1n) is 5.49. The zero-order chi connectivity index (χ0) is 11.4. The Kier molecular flexibility index (Phi) is 4.12. The summed E-state index contributed by atoms with van der Waals surface area (Å²) in [7, 11) is 3.59. The zero-order valence-corrected chi connectivity index (χ0v) is 9.75. The van der Waals surface area contributed by atoms with Gasteiger partial charge < -0.3 is 10.2 Å². The van der Waals surface area contributed by atoms with E-state index in [2.05, 4.69) is 5.32 Å². The van der Waals surface area contributed by atoms with Crippen molar-refractivity contribution in [2.24, 2.45) is 5.92 Å². The topological polar surface area (TPSA) is 49.4 Å². The van der Waals surface area contributed by atoms with Crippen molar-refractivity contribution in [2.75, 3.05) is 14.1 Å². The lowest BCUT2D eigenvalue weighted by Gasteiger charge is -2.29. The molecule has 1 fully saturated rings. The van der Waals surface area contributed by atoms with Crippen molar-refractivity contribution in [1.82, 2.24) is 10.2 Å². The molecular formula is C11H20N2O2. The van der Waals surface area contributed by atoms with Crippen LogP contribution in [0.4, 0.5) is 0 Å².